The molecule has 88 valence electrons. The maximum atomic E-state index is 10.4. The highest BCUT2D eigenvalue weighted by atomic mass is 35.5. The number of halogens is 1. The van der Waals surface area contributed by atoms with E-state index in [4.69, 9.17) is 17.3 Å². The smallest absolute Gasteiger partial charge is 0.312 e. The molecule has 4 N–H and O–H groups in total. The summed E-state index contributed by atoms with van der Waals surface area (Å²) in [5.41, 5.74) is 5.79. The molecule has 0 atom stereocenters. The number of carbonyl (C=O) groups is 1. The van der Waals surface area contributed by atoms with Crippen molar-refractivity contribution in [1.82, 2.24) is 15.3 Å². The second kappa shape index (κ2) is 6.12. The first-order chi connectivity index (χ1) is 7.65. The van der Waals surface area contributed by atoms with Crippen LogP contribution in [0.5, 0.6) is 0 Å². The van der Waals surface area contributed by atoms with Gasteiger partial charge in [-0.25, -0.2) is 14.8 Å². The van der Waals surface area contributed by atoms with E-state index in [9.17, 15) is 4.79 Å². The summed E-state index contributed by atoms with van der Waals surface area (Å²) in [7, 11) is 0. The molecule has 0 radical (unpaired) electrons. The fourth-order valence-corrected chi connectivity index (χ4v) is 1.49. The molecule has 0 unspecified atom stereocenters. The van der Waals surface area contributed by atoms with Crippen LogP contribution < -0.4 is 16.4 Å². The van der Waals surface area contributed by atoms with Gasteiger partial charge >= 0.3 is 6.03 Å². The van der Waals surface area contributed by atoms with Crippen LogP contribution in [0.4, 0.5) is 10.6 Å². The van der Waals surface area contributed by atoms with Gasteiger partial charge in [0.2, 0.25) is 0 Å². The molecule has 1 aromatic rings. The molecule has 0 saturated carbocycles. The predicted octanol–water partition coefficient (Wildman–Crippen LogP) is 0.773. The molecular weight excluding hydrogens is 230 g/mol. The van der Waals surface area contributed by atoms with Crippen molar-refractivity contribution in [3.63, 3.8) is 0 Å². The number of hydrogen-bond acceptors (Lipinski definition) is 4. The molecule has 0 spiro atoms. The van der Waals surface area contributed by atoms with Crippen molar-refractivity contribution in [2.45, 2.75) is 13.3 Å². The largest absolute Gasteiger partial charge is 0.368 e. The number of carbonyl (C=O) groups excluding carboxylic acids is 1. The first-order valence-electron chi connectivity index (χ1n) is 4.91. The lowest BCUT2D eigenvalue weighted by molar-refractivity contribution is 0.249. The third-order valence-electron chi connectivity index (χ3n) is 1.96. The maximum Gasteiger partial charge on any atom is 0.312 e. The van der Waals surface area contributed by atoms with Crippen molar-refractivity contribution in [1.29, 1.82) is 0 Å². The Morgan fingerprint density at radius 1 is 1.50 bits per heavy atom. The van der Waals surface area contributed by atoms with Gasteiger partial charge in [0, 0.05) is 18.7 Å². The Balaban J connectivity index is 2.53. The topological polar surface area (TPSA) is 92.9 Å². The summed E-state index contributed by atoms with van der Waals surface area (Å²) < 4.78 is 0. The lowest BCUT2D eigenvalue weighted by atomic mass is 10.2. The molecule has 6 nitrogen and oxygen atoms in total. The Labute approximate surface area is 98.6 Å². The minimum Gasteiger partial charge on any atom is -0.368 e. The Kier molecular flexibility index (Phi) is 4.78. The standard InChI is InChI=1S/C9H14ClN5O/c1-2-6-7(10)14-5-15-8(6)12-3-4-13-9(11)16/h5H,2-4H2,1H3,(H3,11,13,16)(H,12,14,15). The zero-order valence-corrected chi connectivity index (χ0v) is 9.71. The van der Waals surface area contributed by atoms with Crippen LogP contribution in [-0.2, 0) is 6.42 Å². The number of nitrogens with two attached hydrogens (primary N) is 1. The molecule has 0 aliphatic carbocycles. The number of nitrogens with zero attached hydrogens (tertiary/aromatic N) is 2. The maximum absolute atomic E-state index is 10.4. The van der Waals surface area contributed by atoms with Crippen LogP contribution in [0.15, 0.2) is 6.33 Å². The van der Waals surface area contributed by atoms with E-state index >= 15 is 0 Å². The van der Waals surface area contributed by atoms with Crippen LogP contribution in [0.1, 0.15) is 12.5 Å². The van der Waals surface area contributed by atoms with Crippen molar-refractivity contribution in [2.24, 2.45) is 5.73 Å². The number of hydrogen-bond donors (Lipinski definition) is 3. The van der Waals surface area contributed by atoms with Gasteiger partial charge in [-0.3, -0.25) is 0 Å². The zero-order chi connectivity index (χ0) is 12.0. The molecule has 0 saturated heterocycles. The number of aromatic nitrogens is 2. The van der Waals surface area contributed by atoms with Crippen molar-refractivity contribution in [3.8, 4) is 0 Å². The summed E-state index contributed by atoms with van der Waals surface area (Å²) in [5, 5.41) is 5.97. The molecule has 16 heavy (non-hydrogen) atoms. The first-order valence-corrected chi connectivity index (χ1v) is 5.29. The molecule has 1 aromatic heterocycles. The first kappa shape index (κ1) is 12.5. The minimum atomic E-state index is -0.543. The van der Waals surface area contributed by atoms with Gasteiger partial charge in [-0.2, -0.15) is 0 Å². The third kappa shape index (κ3) is 3.54. The summed E-state index contributed by atoms with van der Waals surface area (Å²) in [6.45, 7) is 2.93. The van der Waals surface area contributed by atoms with Gasteiger partial charge in [0.05, 0.1) is 0 Å². The molecule has 7 heteroatoms. The summed E-state index contributed by atoms with van der Waals surface area (Å²) in [5.74, 6) is 0.689. The summed E-state index contributed by atoms with van der Waals surface area (Å²) in [4.78, 5) is 18.4. The van der Waals surface area contributed by atoms with Crippen molar-refractivity contribution < 1.29 is 4.79 Å². The molecule has 0 aliphatic rings. The van der Waals surface area contributed by atoms with Crippen LogP contribution in [-0.4, -0.2) is 29.1 Å². The molecule has 0 aromatic carbocycles. The highest BCUT2D eigenvalue weighted by molar-refractivity contribution is 6.30. The highest BCUT2D eigenvalue weighted by Gasteiger charge is 2.06. The molecule has 0 bridgehead atoms. The fraction of sp³-hybridized carbons (Fsp3) is 0.444. The predicted molar refractivity (Wildman–Crippen MR) is 62.5 cm³/mol. The van der Waals surface area contributed by atoms with E-state index in [-0.39, 0.29) is 0 Å². The summed E-state index contributed by atoms with van der Waals surface area (Å²) in [6.07, 6.45) is 2.14. The Morgan fingerprint density at radius 2 is 2.25 bits per heavy atom. The molecule has 0 aliphatic heterocycles. The SMILES string of the molecule is CCc1c(Cl)ncnc1NCCNC(N)=O. The quantitative estimate of drug-likeness (QED) is 0.526. The van der Waals surface area contributed by atoms with Crippen LogP contribution >= 0.6 is 11.6 Å². The minimum absolute atomic E-state index is 0.431. The van der Waals surface area contributed by atoms with E-state index in [0.717, 1.165) is 12.0 Å². The Hall–Kier alpha value is -1.56. The monoisotopic (exact) mass is 243 g/mol. The van der Waals surface area contributed by atoms with Gasteiger partial charge in [-0.15, -0.1) is 0 Å². The number of amides is 2. The van der Waals surface area contributed by atoms with E-state index in [1.807, 2.05) is 6.92 Å². The molecule has 0 fully saturated rings. The number of primary amides is 1. The average Bonchev–Trinajstić information content (AvgIpc) is 2.24. The summed E-state index contributed by atoms with van der Waals surface area (Å²) in [6, 6.07) is -0.543. The van der Waals surface area contributed by atoms with Gasteiger partial charge in [-0.1, -0.05) is 18.5 Å². The van der Waals surface area contributed by atoms with E-state index < -0.39 is 6.03 Å². The number of urea groups is 1. The molecule has 2 amide bonds. The number of anilines is 1. The van der Waals surface area contributed by atoms with Crippen molar-refractivity contribution in [3.05, 3.63) is 17.0 Å². The second-order valence-electron chi connectivity index (χ2n) is 3.06. The third-order valence-corrected chi connectivity index (χ3v) is 2.29. The van der Waals surface area contributed by atoms with E-state index in [0.29, 0.717) is 24.1 Å². The highest BCUT2D eigenvalue weighted by Crippen LogP contribution is 2.19. The van der Waals surface area contributed by atoms with E-state index in [2.05, 4.69) is 20.6 Å². The van der Waals surface area contributed by atoms with Gasteiger partial charge in [0.1, 0.15) is 17.3 Å². The second-order valence-corrected chi connectivity index (χ2v) is 3.42. The molecule has 1 rings (SSSR count). The molecular formula is C9H14ClN5O. The van der Waals surface area contributed by atoms with Crippen LogP contribution in [0, 0.1) is 0 Å². The van der Waals surface area contributed by atoms with Gasteiger partial charge < -0.3 is 16.4 Å². The van der Waals surface area contributed by atoms with Crippen LogP contribution in [0.25, 0.3) is 0 Å². The Bertz CT molecular complexity index is 371. The van der Waals surface area contributed by atoms with Crippen molar-refractivity contribution >= 4 is 23.4 Å². The van der Waals surface area contributed by atoms with Crippen LogP contribution in [0.2, 0.25) is 5.15 Å². The normalized spacial score (nSPS) is 9.88. The average molecular weight is 244 g/mol. The van der Waals surface area contributed by atoms with Gasteiger partial charge in [0.15, 0.2) is 0 Å². The Morgan fingerprint density at radius 3 is 2.88 bits per heavy atom. The fourth-order valence-electron chi connectivity index (χ4n) is 1.22. The van der Waals surface area contributed by atoms with Gasteiger partial charge in [0.25, 0.3) is 0 Å². The number of rotatable bonds is 5. The number of nitrogens with one attached hydrogen (secondary N) is 2. The lowest BCUT2D eigenvalue weighted by Gasteiger charge is -2.10. The zero-order valence-electron chi connectivity index (χ0n) is 8.96. The van der Waals surface area contributed by atoms with E-state index in [1.54, 1.807) is 0 Å². The summed E-state index contributed by atoms with van der Waals surface area (Å²) >= 11 is 5.91. The van der Waals surface area contributed by atoms with Crippen molar-refractivity contribution in [2.75, 3.05) is 18.4 Å². The van der Waals surface area contributed by atoms with Gasteiger partial charge in [-0.05, 0) is 6.42 Å². The van der Waals surface area contributed by atoms with Crippen LogP contribution in [0.3, 0.4) is 0 Å². The molecule has 1 heterocycles. The lowest BCUT2D eigenvalue weighted by Crippen LogP contribution is -2.33. The van der Waals surface area contributed by atoms with E-state index in [1.165, 1.54) is 6.33 Å².